The van der Waals surface area contributed by atoms with E-state index < -0.39 is 0 Å². The molecule has 1 aliphatic rings. The van der Waals surface area contributed by atoms with Crippen LogP contribution in [0.1, 0.15) is 17.0 Å². The third kappa shape index (κ3) is 3.14. The maximum Gasteiger partial charge on any atom is 0.294 e. The van der Waals surface area contributed by atoms with Crippen molar-refractivity contribution in [2.24, 2.45) is 0 Å². The van der Waals surface area contributed by atoms with Crippen molar-refractivity contribution in [2.45, 2.75) is 13.8 Å². The van der Waals surface area contributed by atoms with E-state index >= 15 is 0 Å². The molecule has 0 aliphatic carbocycles. The number of aryl methyl sites for hydroxylation is 1. The number of methoxy groups -OCH3 is 1. The van der Waals surface area contributed by atoms with Crippen molar-refractivity contribution >= 4 is 29.0 Å². The van der Waals surface area contributed by atoms with E-state index in [2.05, 4.69) is 10.5 Å². The van der Waals surface area contributed by atoms with Crippen molar-refractivity contribution in [1.82, 2.24) is 9.47 Å². The number of imide groups is 1. The first-order chi connectivity index (χ1) is 12.5. The zero-order valence-electron chi connectivity index (χ0n) is 14.8. The zero-order chi connectivity index (χ0) is 18.8. The fraction of sp³-hybridized carbons (Fsp3) is 0.200. The minimum Gasteiger partial charge on any atom is -0.497 e. The van der Waals surface area contributed by atoms with Gasteiger partial charge in [-0.3, -0.25) is 14.5 Å². The van der Waals surface area contributed by atoms with E-state index in [-0.39, 0.29) is 17.7 Å². The smallest absolute Gasteiger partial charge is 0.294 e. The fourth-order valence-corrected chi connectivity index (χ4v) is 3.78. The molecule has 0 atom stereocenters. The Labute approximate surface area is 156 Å². The number of amides is 2. The highest BCUT2D eigenvalue weighted by Crippen LogP contribution is 2.33. The van der Waals surface area contributed by atoms with Crippen molar-refractivity contribution < 1.29 is 14.3 Å². The van der Waals surface area contributed by atoms with Crippen LogP contribution in [-0.4, -0.2) is 34.3 Å². The normalized spacial score (nSPS) is 15.6. The molecule has 26 heavy (non-hydrogen) atoms. The summed E-state index contributed by atoms with van der Waals surface area (Å²) in [6.45, 7) is 3.96. The van der Waals surface area contributed by atoms with Crippen molar-refractivity contribution in [3.8, 4) is 23.8 Å². The lowest BCUT2D eigenvalue weighted by Crippen LogP contribution is -2.28. The molecule has 2 amide bonds. The largest absolute Gasteiger partial charge is 0.497 e. The molecule has 1 saturated heterocycles. The summed E-state index contributed by atoms with van der Waals surface area (Å²) >= 11 is 0.916. The minimum absolute atomic E-state index is 0.00909. The number of rotatable bonds is 4. The first-order valence-corrected chi connectivity index (χ1v) is 8.80. The van der Waals surface area contributed by atoms with Gasteiger partial charge in [-0.05, 0) is 55.4 Å². The summed E-state index contributed by atoms with van der Waals surface area (Å²) in [5.74, 6) is 2.77. The molecule has 0 spiro atoms. The summed E-state index contributed by atoms with van der Waals surface area (Å²) in [4.78, 5) is 25.8. The lowest BCUT2D eigenvalue weighted by Gasteiger charge is -2.11. The van der Waals surface area contributed by atoms with E-state index in [1.165, 1.54) is 0 Å². The number of carbonyl (C=O) groups excluding carboxylic acids is 2. The number of hydrogen-bond donors (Lipinski definition) is 0. The van der Waals surface area contributed by atoms with Crippen molar-refractivity contribution in [1.29, 1.82) is 0 Å². The summed E-state index contributed by atoms with van der Waals surface area (Å²) in [7, 11) is 1.63. The van der Waals surface area contributed by atoms with Crippen LogP contribution in [0.15, 0.2) is 35.2 Å². The van der Waals surface area contributed by atoms with Crippen molar-refractivity contribution in [3.05, 3.63) is 52.2 Å². The third-order valence-corrected chi connectivity index (χ3v) is 5.10. The van der Waals surface area contributed by atoms with Crippen LogP contribution in [0.3, 0.4) is 0 Å². The molecule has 0 radical (unpaired) electrons. The molecule has 1 aromatic heterocycles. The van der Waals surface area contributed by atoms with Crippen LogP contribution in [0.5, 0.6) is 5.75 Å². The fourth-order valence-electron chi connectivity index (χ4n) is 2.95. The first kappa shape index (κ1) is 17.9. The Morgan fingerprint density at radius 3 is 2.73 bits per heavy atom. The zero-order valence-corrected chi connectivity index (χ0v) is 15.6. The average molecular weight is 366 g/mol. The van der Waals surface area contributed by atoms with Gasteiger partial charge < -0.3 is 9.30 Å². The van der Waals surface area contributed by atoms with Crippen LogP contribution in [0, 0.1) is 26.2 Å². The van der Waals surface area contributed by atoms with Gasteiger partial charge in [-0.15, -0.1) is 6.42 Å². The molecule has 132 valence electrons. The summed E-state index contributed by atoms with van der Waals surface area (Å²) < 4.78 is 7.38. The van der Waals surface area contributed by atoms with Gasteiger partial charge >= 0.3 is 0 Å². The second kappa shape index (κ2) is 7.14. The number of benzene rings is 1. The predicted molar refractivity (Wildman–Crippen MR) is 103 cm³/mol. The van der Waals surface area contributed by atoms with Crippen LogP contribution in [0.2, 0.25) is 0 Å². The molecule has 2 aromatic rings. The molecule has 3 rings (SSSR count). The van der Waals surface area contributed by atoms with Gasteiger partial charge in [0, 0.05) is 23.1 Å². The number of ether oxygens (including phenoxy) is 1. The lowest BCUT2D eigenvalue weighted by molar-refractivity contribution is -0.122. The Kier molecular flexibility index (Phi) is 4.92. The monoisotopic (exact) mass is 366 g/mol. The quantitative estimate of drug-likeness (QED) is 0.610. The summed E-state index contributed by atoms with van der Waals surface area (Å²) in [5, 5.41) is -0.333. The number of nitrogens with zero attached hydrogens (tertiary/aromatic N) is 2. The highest BCUT2D eigenvalue weighted by Gasteiger charge is 2.34. The van der Waals surface area contributed by atoms with Gasteiger partial charge in [0.25, 0.3) is 11.1 Å². The molecule has 0 bridgehead atoms. The van der Waals surface area contributed by atoms with Crippen LogP contribution < -0.4 is 4.74 Å². The summed E-state index contributed by atoms with van der Waals surface area (Å²) in [5.41, 5.74) is 3.85. The predicted octanol–water partition coefficient (Wildman–Crippen LogP) is 3.77. The van der Waals surface area contributed by atoms with Gasteiger partial charge in [0.2, 0.25) is 0 Å². The van der Waals surface area contributed by atoms with Crippen LogP contribution in [0.25, 0.3) is 11.8 Å². The third-order valence-electron chi connectivity index (χ3n) is 4.19. The van der Waals surface area contributed by atoms with E-state index in [0.717, 1.165) is 45.1 Å². The Morgan fingerprint density at radius 2 is 2.04 bits per heavy atom. The molecule has 0 saturated carbocycles. The van der Waals surface area contributed by atoms with Crippen LogP contribution in [-0.2, 0) is 4.79 Å². The summed E-state index contributed by atoms with van der Waals surface area (Å²) in [6.07, 6.45) is 6.98. The highest BCUT2D eigenvalue weighted by atomic mass is 32.2. The Hall–Kier alpha value is -2.91. The molecule has 2 heterocycles. The van der Waals surface area contributed by atoms with E-state index in [4.69, 9.17) is 11.2 Å². The molecular formula is C20H18N2O3S. The van der Waals surface area contributed by atoms with Gasteiger partial charge in [0.1, 0.15) is 5.75 Å². The van der Waals surface area contributed by atoms with Gasteiger partial charge in [0.15, 0.2) is 0 Å². The second-order valence-electron chi connectivity index (χ2n) is 5.84. The molecule has 1 aromatic carbocycles. The minimum atomic E-state index is -0.343. The molecule has 5 nitrogen and oxygen atoms in total. The summed E-state index contributed by atoms with van der Waals surface area (Å²) in [6, 6.07) is 9.75. The second-order valence-corrected chi connectivity index (χ2v) is 6.83. The average Bonchev–Trinajstić information content (AvgIpc) is 3.05. The number of carbonyl (C=O) groups is 2. The van der Waals surface area contributed by atoms with E-state index in [9.17, 15) is 9.59 Å². The van der Waals surface area contributed by atoms with E-state index in [1.807, 2.05) is 44.2 Å². The van der Waals surface area contributed by atoms with Crippen molar-refractivity contribution in [3.63, 3.8) is 0 Å². The van der Waals surface area contributed by atoms with E-state index in [1.54, 1.807) is 13.2 Å². The first-order valence-electron chi connectivity index (χ1n) is 7.98. The molecule has 0 unspecified atom stereocenters. The van der Waals surface area contributed by atoms with Gasteiger partial charge in [-0.25, -0.2) is 0 Å². The standard InChI is InChI=1S/C20H18N2O3S/c1-5-9-21-19(23)18(26-20(21)24)11-15-10-13(2)22(14(15)3)16-7-6-8-17(12-16)25-4/h1,6-8,10-12H,9H2,2-4H3/b18-11+. The number of thioether (sulfide) groups is 1. The van der Waals surface area contributed by atoms with Crippen molar-refractivity contribution in [2.75, 3.05) is 13.7 Å². The van der Waals surface area contributed by atoms with Crippen LogP contribution in [0.4, 0.5) is 4.79 Å². The SMILES string of the molecule is C#CCN1C(=O)S/C(=C/c2cc(C)n(-c3cccc(OC)c3)c2C)C1=O. The molecule has 0 N–H and O–H groups in total. The Balaban J connectivity index is 2.00. The van der Waals surface area contributed by atoms with Gasteiger partial charge in [-0.2, -0.15) is 0 Å². The number of terminal acetylenes is 1. The Morgan fingerprint density at radius 1 is 1.27 bits per heavy atom. The van der Waals surface area contributed by atoms with Gasteiger partial charge in [0.05, 0.1) is 18.6 Å². The maximum absolute atomic E-state index is 12.4. The topological polar surface area (TPSA) is 51.5 Å². The number of hydrogen-bond acceptors (Lipinski definition) is 4. The maximum atomic E-state index is 12.4. The molecule has 6 heteroatoms. The molecular weight excluding hydrogens is 348 g/mol. The molecule has 1 aliphatic heterocycles. The number of aromatic nitrogens is 1. The van der Waals surface area contributed by atoms with Gasteiger partial charge in [-0.1, -0.05) is 12.0 Å². The Bertz CT molecular complexity index is 966. The van der Waals surface area contributed by atoms with E-state index in [0.29, 0.717) is 4.91 Å². The van der Waals surface area contributed by atoms with Crippen LogP contribution >= 0.6 is 11.8 Å². The molecule has 1 fully saturated rings. The lowest BCUT2D eigenvalue weighted by atomic mass is 10.2. The highest BCUT2D eigenvalue weighted by molar-refractivity contribution is 8.18.